The third-order valence-electron chi connectivity index (χ3n) is 2.59. The molecule has 0 aliphatic carbocycles. The van der Waals surface area contributed by atoms with E-state index in [4.69, 9.17) is 5.73 Å². The summed E-state index contributed by atoms with van der Waals surface area (Å²) < 4.78 is 22.6. The van der Waals surface area contributed by atoms with Gasteiger partial charge in [-0.15, -0.1) is 24.0 Å². The van der Waals surface area contributed by atoms with Crippen molar-refractivity contribution < 1.29 is 8.42 Å². The first-order valence-electron chi connectivity index (χ1n) is 6.26. The van der Waals surface area contributed by atoms with Crippen molar-refractivity contribution in [3.8, 4) is 0 Å². The Morgan fingerprint density at radius 2 is 1.90 bits per heavy atom. The molecule has 0 aromatic heterocycles. The van der Waals surface area contributed by atoms with Gasteiger partial charge in [-0.3, -0.25) is 0 Å². The van der Waals surface area contributed by atoms with Crippen LogP contribution in [0.15, 0.2) is 46.3 Å². The highest BCUT2D eigenvalue weighted by Gasteiger charge is 2.05. The number of sulfone groups is 1. The molecular formula is C14H22IN3O2S. The van der Waals surface area contributed by atoms with Crippen LogP contribution in [0.3, 0.4) is 0 Å². The third kappa shape index (κ3) is 8.05. The highest BCUT2D eigenvalue weighted by atomic mass is 127. The largest absolute Gasteiger partial charge is 0.370 e. The molecule has 7 heteroatoms. The van der Waals surface area contributed by atoms with Crippen LogP contribution in [0, 0.1) is 0 Å². The Kier molecular flexibility index (Phi) is 8.57. The molecule has 3 N–H and O–H groups in total. The Morgan fingerprint density at radius 1 is 1.33 bits per heavy atom. The summed E-state index contributed by atoms with van der Waals surface area (Å²) >= 11 is 0. The second-order valence-corrected chi connectivity index (χ2v) is 6.77. The molecule has 0 saturated carbocycles. The van der Waals surface area contributed by atoms with E-state index < -0.39 is 9.84 Å². The molecule has 0 fully saturated rings. The van der Waals surface area contributed by atoms with Crippen LogP contribution in [0.4, 0.5) is 0 Å². The van der Waals surface area contributed by atoms with E-state index in [9.17, 15) is 8.42 Å². The van der Waals surface area contributed by atoms with Gasteiger partial charge in [-0.1, -0.05) is 24.3 Å². The minimum absolute atomic E-state index is 0. The van der Waals surface area contributed by atoms with Crippen molar-refractivity contribution in [1.29, 1.82) is 0 Å². The molecule has 21 heavy (non-hydrogen) atoms. The van der Waals surface area contributed by atoms with Gasteiger partial charge in [0.1, 0.15) is 0 Å². The lowest BCUT2D eigenvalue weighted by Gasteiger charge is -2.06. The molecule has 0 heterocycles. The molecule has 0 amide bonds. The predicted octanol–water partition coefficient (Wildman–Crippen LogP) is 1.73. The van der Waals surface area contributed by atoms with E-state index in [1.165, 1.54) is 6.26 Å². The van der Waals surface area contributed by atoms with Crippen molar-refractivity contribution in [3.05, 3.63) is 42.0 Å². The van der Waals surface area contributed by atoms with E-state index in [2.05, 4.69) is 16.9 Å². The van der Waals surface area contributed by atoms with Crippen molar-refractivity contribution in [2.45, 2.75) is 18.2 Å². The van der Waals surface area contributed by atoms with Gasteiger partial charge < -0.3 is 11.1 Å². The maximum absolute atomic E-state index is 11.3. The summed E-state index contributed by atoms with van der Waals surface area (Å²) in [6, 6.07) is 6.84. The Balaban J connectivity index is 0.00000400. The first-order chi connectivity index (χ1) is 9.29. The minimum atomic E-state index is -3.13. The van der Waals surface area contributed by atoms with Crippen molar-refractivity contribution in [1.82, 2.24) is 5.32 Å². The fourth-order valence-corrected chi connectivity index (χ4v) is 2.14. The number of nitrogens with zero attached hydrogens (tertiary/aromatic N) is 1. The fourth-order valence-electron chi connectivity index (χ4n) is 1.51. The standard InChI is InChI=1S/C14H21N3O2S.HI/c1-11(2)10-17-14(15)16-9-8-12-4-6-13(7-5-12)20(3,18)19;/h4-7H,1,8-10H2,2-3H3,(H3,15,16,17);1H. The molecule has 0 aliphatic rings. The van der Waals surface area contributed by atoms with Gasteiger partial charge in [-0.2, -0.15) is 0 Å². The molecular weight excluding hydrogens is 401 g/mol. The first-order valence-corrected chi connectivity index (χ1v) is 8.15. The maximum atomic E-state index is 11.3. The summed E-state index contributed by atoms with van der Waals surface area (Å²) in [6.07, 6.45) is 1.94. The smallest absolute Gasteiger partial charge is 0.188 e. The van der Waals surface area contributed by atoms with Crippen LogP contribution in [-0.2, 0) is 16.3 Å². The number of rotatable bonds is 6. The van der Waals surface area contributed by atoms with Crippen LogP contribution in [-0.4, -0.2) is 33.7 Å². The first kappa shape index (κ1) is 19.9. The molecule has 1 aromatic rings. The minimum Gasteiger partial charge on any atom is -0.370 e. The molecule has 0 spiro atoms. The van der Waals surface area contributed by atoms with Crippen molar-refractivity contribution in [2.75, 3.05) is 19.3 Å². The van der Waals surface area contributed by atoms with Gasteiger partial charge in [0.05, 0.1) is 11.4 Å². The normalized spacial score (nSPS) is 11.6. The van der Waals surface area contributed by atoms with Gasteiger partial charge in [-0.25, -0.2) is 13.4 Å². The monoisotopic (exact) mass is 423 g/mol. The quantitative estimate of drug-likeness (QED) is 0.316. The summed E-state index contributed by atoms with van der Waals surface area (Å²) in [5.74, 6) is 0.390. The molecule has 118 valence electrons. The highest BCUT2D eigenvalue weighted by molar-refractivity contribution is 14.0. The molecule has 0 unspecified atom stereocenters. The molecule has 0 saturated heterocycles. The average Bonchev–Trinajstić information content (AvgIpc) is 2.36. The van der Waals surface area contributed by atoms with Gasteiger partial charge in [0.15, 0.2) is 15.8 Å². The topological polar surface area (TPSA) is 84.5 Å². The van der Waals surface area contributed by atoms with Crippen molar-refractivity contribution in [3.63, 3.8) is 0 Å². The van der Waals surface area contributed by atoms with Gasteiger partial charge >= 0.3 is 0 Å². The van der Waals surface area contributed by atoms with Gasteiger partial charge in [0, 0.05) is 12.8 Å². The lowest BCUT2D eigenvalue weighted by Crippen LogP contribution is -2.33. The van der Waals surface area contributed by atoms with E-state index in [0.717, 1.165) is 17.6 Å². The van der Waals surface area contributed by atoms with Crippen molar-refractivity contribution in [2.24, 2.45) is 10.7 Å². The van der Waals surface area contributed by atoms with Crippen LogP contribution in [0.25, 0.3) is 0 Å². The second-order valence-electron chi connectivity index (χ2n) is 4.75. The summed E-state index contributed by atoms with van der Waals surface area (Å²) in [7, 11) is -3.13. The number of nitrogens with two attached hydrogens (primary N) is 1. The molecule has 1 aromatic carbocycles. The van der Waals surface area contributed by atoms with Gasteiger partial charge in [0.25, 0.3) is 0 Å². The Morgan fingerprint density at radius 3 is 2.38 bits per heavy atom. The average molecular weight is 423 g/mol. The Hall–Kier alpha value is -1.09. The number of hydrogen-bond acceptors (Lipinski definition) is 3. The molecule has 0 atom stereocenters. The van der Waals surface area contributed by atoms with Crippen LogP contribution in [0.5, 0.6) is 0 Å². The number of hydrogen-bond donors (Lipinski definition) is 2. The van der Waals surface area contributed by atoms with Crippen LogP contribution in [0.2, 0.25) is 0 Å². The number of benzene rings is 1. The van der Waals surface area contributed by atoms with Crippen molar-refractivity contribution >= 4 is 39.8 Å². The zero-order valence-corrected chi connectivity index (χ0v) is 15.4. The van der Waals surface area contributed by atoms with Crippen LogP contribution >= 0.6 is 24.0 Å². The van der Waals surface area contributed by atoms with Gasteiger partial charge in [0.2, 0.25) is 0 Å². The molecule has 0 bridgehead atoms. The maximum Gasteiger partial charge on any atom is 0.188 e. The molecule has 1 rings (SSSR count). The van der Waals surface area contributed by atoms with Crippen LogP contribution < -0.4 is 11.1 Å². The molecule has 0 aliphatic heterocycles. The number of halogens is 1. The number of aliphatic imine (C=N–C) groups is 1. The summed E-state index contributed by atoms with van der Waals surface area (Å²) in [5, 5.41) is 3.00. The zero-order valence-electron chi connectivity index (χ0n) is 12.3. The molecule has 5 nitrogen and oxygen atoms in total. The van der Waals surface area contributed by atoms with E-state index in [1.807, 2.05) is 6.92 Å². The Labute approximate surface area is 143 Å². The van der Waals surface area contributed by atoms with Gasteiger partial charge in [-0.05, 0) is 31.0 Å². The lowest BCUT2D eigenvalue weighted by atomic mass is 10.1. The summed E-state index contributed by atoms with van der Waals surface area (Å²) in [4.78, 5) is 4.44. The summed E-state index contributed by atoms with van der Waals surface area (Å²) in [5.41, 5.74) is 7.68. The van der Waals surface area contributed by atoms with E-state index in [0.29, 0.717) is 23.9 Å². The third-order valence-corrected chi connectivity index (χ3v) is 3.72. The predicted molar refractivity (Wildman–Crippen MR) is 98.0 cm³/mol. The zero-order chi connectivity index (χ0) is 15.2. The van der Waals surface area contributed by atoms with Crippen LogP contribution in [0.1, 0.15) is 12.5 Å². The number of nitrogens with one attached hydrogen (secondary N) is 1. The van der Waals surface area contributed by atoms with E-state index in [-0.39, 0.29) is 24.0 Å². The second kappa shape index (κ2) is 9.04. The number of guanidine groups is 1. The van der Waals surface area contributed by atoms with E-state index >= 15 is 0 Å². The highest BCUT2D eigenvalue weighted by Crippen LogP contribution is 2.10. The fraction of sp³-hybridized carbons (Fsp3) is 0.357. The summed E-state index contributed by atoms with van der Waals surface area (Å²) in [6.45, 7) is 6.79. The lowest BCUT2D eigenvalue weighted by molar-refractivity contribution is 0.602. The van der Waals surface area contributed by atoms with E-state index in [1.54, 1.807) is 24.3 Å². The Bertz CT molecular complexity index is 595. The SMILES string of the molecule is C=C(C)CN=C(N)NCCc1ccc(S(C)(=O)=O)cc1.I. The molecule has 0 radical (unpaired) electrons.